The molecule has 4 aliphatic rings. The van der Waals surface area contributed by atoms with Crippen molar-refractivity contribution in [2.24, 2.45) is 11.8 Å². The summed E-state index contributed by atoms with van der Waals surface area (Å²) in [7, 11) is 3.09. The second-order valence-corrected chi connectivity index (χ2v) is 8.84. The van der Waals surface area contributed by atoms with E-state index in [0.717, 1.165) is 5.56 Å². The van der Waals surface area contributed by atoms with Gasteiger partial charge in [0, 0.05) is 18.3 Å². The van der Waals surface area contributed by atoms with Crippen molar-refractivity contribution in [3.63, 3.8) is 0 Å². The van der Waals surface area contributed by atoms with Gasteiger partial charge in [-0.3, -0.25) is 9.59 Å². The van der Waals surface area contributed by atoms with E-state index < -0.39 is 23.5 Å². The lowest BCUT2D eigenvalue weighted by molar-refractivity contribution is -0.136. The number of nitrogens with zero attached hydrogens (tertiary/aromatic N) is 1. The van der Waals surface area contributed by atoms with Crippen LogP contribution in [-0.2, 0) is 20.9 Å². The summed E-state index contributed by atoms with van der Waals surface area (Å²) in [6.45, 7) is 1.00. The molecule has 4 heterocycles. The van der Waals surface area contributed by atoms with Crippen LogP contribution in [0.25, 0.3) is 0 Å². The first kappa shape index (κ1) is 20.9. The van der Waals surface area contributed by atoms with Crippen LogP contribution in [0.3, 0.4) is 0 Å². The number of hydrogen-bond donors (Lipinski definition) is 1. The first-order valence-electron chi connectivity index (χ1n) is 11.1. The number of hydrogen-bond acceptors (Lipinski definition) is 7. The minimum Gasteiger partial charge on any atom is -0.493 e. The van der Waals surface area contributed by atoms with Gasteiger partial charge in [0.05, 0.1) is 38.7 Å². The summed E-state index contributed by atoms with van der Waals surface area (Å²) in [6, 6.07) is 10.8. The van der Waals surface area contributed by atoms with Gasteiger partial charge in [0.15, 0.2) is 23.0 Å². The van der Waals surface area contributed by atoms with Gasteiger partial charge in [-0.15, -0.1) is 0 Å². The maximum absolute atomic E-state index is 13.5. The first-order chi connectivity index (χ1) is 16.5. The van der Waals surface area contributed by atoms with Crippen molar-refractivity contribution in [3.8, 4) is 23.0 Å². The van der Waals surface area contributed by atoms with E-state index in [1.807, 2.05) is 30.4 Å². The fourth-order valence-electron chi connectivity index (χ4n) is 5.41. The van der Waals surface area contributed by atoms with E-state index in [1.54, 1.807) is 30.2 Å². The summed E-state index contributed by atoms with van der Waals surface area (Å²) in [5, 5.41) is 2.93. The quantitative estimate of drug-likeness (QED) is 0.656. The summed E-state index contributed by atoms with van der Waals surface area (Å²) >= 11 is 0. The highest BCUT2D eigenvalue weighted by Gasteiger charge is 2.66. The van der Waals surface area contributed by atoms with Gasteiger partial charge in [-0.05, 0) is 29.8 Å². The van der Waals surface area contributed by atoms with Crippen LogP contribution < -0.4 is 24.3 Å². The molecule has 2 bridgehead atoms. The highest BCUT2D eigenvalue weighted by molar-refractivity contribution is 5.99. The zero-order valence-electron chi connectivity index (χ0n) is 18.8. The molecule has 2 fully saturated rings. The number of methoxy groups -OCH3 is 2. The van der Waals surface area contributed by atoms with Crippen molar-refractivity contribution in [2.75, 3.05) is 32.9 Å². The second-order valence-electron chi connectivity index (χ2n) is 8.84. The van der Waals surface area contributed by atoms with Crippen LogP contribution in [0, 0.1) is 11.8 Å². The Kier molecular flexibility index (Phi) is 4.70. The number of nitrogens with one attached hydrogen (secondary N) is 1. The number of benzene rings is 2. The van der Waals surface area contributed by atoms with Crippen LogP contribution in [-0.4, -0.2) is 56.0 Å². The van der Waals surface area contributed by atoms with Crippen LogP contribution in [0.1, 0.15) is 5.56 Å². The maximum atomic E-state index is 13.5. The Morgan fingerprint density at radius 1 is 1.12 bits per heavy atom. The predicted molar refractivity (Wildman–Crippen MR) is 120 cm³/mol. The van der Waals surface area contributed by atoms with Crippen molar-refractivity contribution in [1.29, 1.82) is 0 Å². The SMILES string of the molecule is COc1ccc(NC(=O)[C@H]2[C@@H]3C=C[C@@]4(CN(Cc5ccc6c(c5)OCO6)C(=O)[C@@H]24)O3)cc1OC. The largest absolute Gasteiger partial charge is 0.493 e. The molecule has 34 heavy (non-hydrogen) atoms. The summed E-state index contributed by atoms with van der Waals surface area (Å²) < 4.78 is 27.6. The van der Waals surface area contributed by atoms with Crippen LogP contribution >= 0.6 is 0 Å². The van der Waals surface area contributed by atoms with Crippen molar-refractivity contribution in [3.05, 3.63) is 54.1 Å². The molecule has 6 rings (SSSR count). The van der Waals surface area contributed by atoms with Gasteiger partial charge in [0.25, 0.3) is 0 Å². The summed E-state index contributed by atoms with van der Waals surface area (Å²) in [5.74, 6) is 0.909. The van der Waals surface area contributed by atoms with Gasteiger partial charge in [-0.2, -0.15) is 0 Å². The fraction of sp³-hybridized carbons (Fsp3) is 0.360. The summed E-state index contributed by atoms with van der Waals surface area (Å²) in [5.41, 5.74) is 0.711. The maximum Gasteiger partial charge on any atom is 0.231 e. The van der Waals surface area contributed by atoms with Gasteiger partial charge >= 0.3 is 0 Å². The van der Waals surface area contributed by atoms with Crippen molar-refractivity contribution >= 4 is 17.5 Å². The van der Waals surface area contributed by atoms with Gasteiger partial charge in [0.2, 0.25) is 18.6 Å². The van der Waals surface area contributed by atoms with Gasteiger partial charge in [-0.1, -0.05) is 18.2 Å². The smallest absolute Gasteiger partial charge is 0.231 e. The molecule has 0 saturated carbocycles. The lowest BCUT2D eigenvalue weighted by atomic mass is 9.77. The Morgan fingerprint density at radius 2 is 1.94 bits per heavy atom. The Labute approximate surface area is 196 Å². The summed E-state index contributed by atoms with van der Waals surface area (Å²) in [6.07, 6.45) is 3.41. The molecule has 2 aromatic carbocycles. The van der Waals surface area contributed by atoms with E-state index in [1.165, 1.54) is 7.11 Å². The van der Waals surface area contributed by atoms with Gasteiger partial charge in [-0.25, -0.2) is 0 Å². The molecule has 176 valence electrons. The minimum atomic E-state index is -0.780. The van der Waals surface area contributed by atoms with E-state index in [0.29, 0.717) is 41.8 Å². The second kappa shape index (κ2) is 7.66. The molecule has 4 aliphatic heterocycles. The number of rotatable bonds is 6. The van der Waals surface area contributed by atoms with Crippen LogP contribution in [0.5, 0.6) is 23.0 Å². The molecule has 2 amide bonds. The molecule has 0 unspecified atom stereocenters. The molecule has 1 N–H and O–H groups in total. The van der Waals surface area contributed by atoms with E-state index in [-0.39, 0.29) is 18.6 Å². The minimum absolute atomic E-state index is 0.0861. The third-order valence-corrected chi connectivity index (χ3v) is 6.94. The molecule has 9 heteroatoms. The number of fused-ring (bicyclic) bond motifs is 2. The van der Waals surface area contributed by atoms with E-state index >= 15 is 0 Å². The lowest BCUT2D eigenvalue weighted by Gasteiger charge is -2.23. The molecule has 0 aromatic heterocycles. The molecule has 2 aromatic rings. The first-order valence-corrected chi connectivity index (χ1v) is 11.1. The average molecular weight is 464 g/mol. The van der Waals surface area contributed by atoms with E-state index in [2.05, 4.69) is 5.32 Å². The topological polar surface area (TPSA) is 95.6 Å². The number of carbonyl (C=O) groups is 2. The Bertz CT molecular complexity index is 1210. The average Bonchev–Trinajstić information content (AvgIpc) is 3.60. The standard InChI is InChI=1S/C25H24N2O7/c1-30-16-6-4-15(10-19(16)31-2)26-23(28)21-18-7-8-25(34-18)12-27(24(29)22(21)25)11-14-3-5-17-20(9-14)33-13-32-17/h3-10,18,21-22H,11-13H2,1-2H3,(H,26,28)/t18-,21-,22+,25-/m0/s1. The van der Waals surface area contributed by atoms with Gasteiger partial charge in [0.1, 0.15) is 5.60 Å². The molecule has 0 aliphatic carbocycles. The highest BCUT2D eigenvalue weighted by atomic mass is 16.7. The number of likely N-dealkylation sites (tertiary alicyclic amines) is 1. The molecule has 2 saturated heterocycles. The molecule has 4 atom stereocenters. The van der Waals surface area contributed by atoms with Crippen molar-refractivity contribution in [2.45, 2.75) is 18.2 Å². The third kappa shape index (κ3) is 3.11. The fourth-order valence-corrected chi connectivity index (χ4v) is 5.41. The molecular weight excluding hydrogens is 440 g/mol. The van der Waals surface area contributed by atoms with Crippen LogP contribution in [0.2, 0.25) is 0 Å². The lowest BCUT2D eigenvalue weighted by Crippen LogP contribution is -2.41. The number of ether oxygens (including phenoxy) is 5. The summed E-state index contributed by atoms with van der Waals surface area (Å²) in [4.78, 5) is 28.6. The van der Waals surface area contributed by atoms with Crippen LogP contribution in [0.4, 0.5) is 5.69 Å². The van der Waals surface area contributed by atoms with Gasteiger partial charge < -0.3 is 33.9 Å². The number of carbonyl (C=O) groups excluding carboxylic acids is 2. The normalized spacial score (nSPS) is 27.8. The monoisotopic (exact) mass is 464 g/mol. The van der Waals surface area contributed by atoms with Crippen LogP contribution in [0.15, 0.2) is 48.6 Å². The molecular formula is C25H24N2O7. The van der Waals surface area contributed by atoms with Crippen molar-refractivity contribution < 1.29 is 33.3 Å². The predicted octanol–water partition coefficient (Wildman–Crippen LogP) is 2.35. The Morgan fingerprint density at radius 3 is 2.76 bits per heavy atom. The Balaban J connectivity index is 1.21. The molecule has 9 nitrogen and oxygen atoms in total. The Hall–Kier alpha value is -3.72. The van der Waals surface area contributed by atoms with E-state index in [9.17, 15) is 9.59 Å². The highest BCUT2D eigenvalue weighted by Crippen LogP contribution is 2.52. The number of anilines is 1. The van der Waals surface area contributed by atoms with E-state index in [4.69, 9.17) is 23.7 Å². The van der Waals surface area contributed by atoms with Crippen molar-refractivity contribution in [1.82, 2.24) is 4.90 Å². The number of amides is 2. The zero-order chi connectivity index (χ0) is 23.4. The molecule has 0 radical (unpaired) electrons. The zero-order valence-corrected chi connectivity index (χ0v) is 18.8. The third-order valence-electron chi connectivity index (χ3n) is 6.94. The molecule has 1 spiro atoms.